The topological polar surface area (TPSA) is 119 Å². The molecule has 2 saturated carbocycles. The molecule has 1 unspecified atom stereocenters. The first-order valence-corrected chi connectivity index (χ1v) is 14.3. The van der Waals surface area contributed by atoms with Crippen LogP contribution in [0.15, 0.2) is 45.4 Å². The standard InChI is InChI=1S/C30H29F3N6O4/c1-16-35-29(43-37-16)24-12-23(24)27(40)34-13-19-7-8-21(18-3-2-4-20(11-18)41-30(31,32)33)22-9-10-39(14-25(19)22)15-26-36-28(42-38-26)17-5-6-17/h2-4,7-8,11,17,23-24H,5-6,9-10,12-15H2,1H3,(H,34,40)/t23?,24-/m0/s1. The molecule has 2 aliphatic carbocycles. The van der Waals surface area contributed by atoms with Gasteiger partial charge >= 0.3 is 6.36 Å². The van der Waals surface area contributed by atoms with Gasteiger partial charge in [-0.3, -0.25) is 9.69 Å². The van der Waals surface area contributed by atoms with Crippen molar-refractivity contribution in [3.63, 3.8) is 0 Å². The minimum atomic E-state index is -4.78. The number of nitrogens with one attached hydrogen (secondary N) is 1. The first kappa shape index (κ1) is 27.6. The number of ether oxygens (including phenoxy) is 1. The third-order valence-electron chi connectivity index (χ3n) is 8.18. The van der Waals surface area contributed by atoms with E-state index < -0.39 is 6.36 Å². The van der Waals surface area contributed by atoms with E-state index in [4.69, 9.17) is 9.05 Å². The van der Waals surface area contributed by atoms with E-state index in [2.05, 4.69) is 35.2 Å². The number of amides is 1. The summed E-state index contributed by atoms with van der Waals surface area (Å²) in [6.07, 6.45) is -1.32. The lowest BCUT2D eigenvalue weighted by molar-refractivity contribution is -0.274. The summed E-state index contributed by atoms with van der Waals surface area (Å²) < 4.78 is 53.6. The third kappa shape index (κ3) is 6.12. The lowest BCUT2D eigenvalue weighted by Gasteiger charge is -2.31. The van der Waals surface area contributed by atoms with Crippen molar-refractivity contribution >= 4 is 5.91 Å². The predicted molar refractivity (Wildman–Crippen MR) is 144 cm³/mol. The Morgan fingerprint density at radius 2 is 1.93 bits per heavy atom. The molecule has 1 N–H and O–H groups in total. The largest absolute Gasteiger partial charge is 0.573 e. The molecule has 4 aromatic rings. The number of hydrogen-bond acceptors (Lipinski definition) is 9. The Morgan fingerprint density at radius 1 is 1.09 bits per heavy atom. The van der Waals surface area contributed by atoms with Crippen LogP contribution in [-0.2, 0) is 30.8 Å². The van der Waals surface area contributed by atoms with E-state index >= 15 is 0 Å². The highest BCUT2D eigenvalue weighted by Crippen LogP contribution is 2.47. The fourth-order valence-corrected chi connectivity index (χ4v) is 5.79. The number of carbonyl (C=O) groups is 1. The van der Waals surface area contributed by atoms with Crippen LogP contribution in [0.4, 0.5) is 13.2 Å². The summed E-state index contributed by atoms with van der Waals surface area (Å²) in [6.45, 7) is 3.83. The molecule has 3 aliphatic rings. The van der Waals surface area contributed by atoms with Crippen LogP contribution >= 0.6 is 0 Å². The maximum atomic E-state index is 13.0. The van der Waals surface area contributed by atoms with E-state index in [1.165, 1.54) is 12.1 Å². The number of nitrogens with zero attached hydrogens (tertiary/aromatic N) is 5. The lowest BCUT2D eigenvalue weighted by atomic mass is 9.87. The highest BCUT2D eigenvalue weighted by molar-refractivity contribution is 5.82. The quantitative estimate of drug-likeness (QED) is 0.280. The average Bonchev–Trinajstić information content (AvgIpc) is 3.89. The van der Waals surface area contributed by atoms with E-state index in [1.807, 2.05) is 12.1 Å². The molecule has 7 rings (SSSR count). The van der Waals surface area contributed by atoms with Crippen LogP contribution in [0.25, 0.3) is 11.1 Å². The number of benzene rings is 2. The van der Waals surface area contributed by atoms with Crippen molar-refractivity contribution in [2.45, 2.75) is 70.4 Å². The van der Waals surface area contributed by atoms with Crippen molar-refractivity contribution in [1.82, 2.24) is 30.5 Å². The van der Waals surface area contributed by atoms with E-state index in [-0.39, 0.29) is 23.5 Å². The van der Waals surface area contributed by atoms with Gasteiger partial charge < -0.3 is 19.1 Å². The van der Waals surface area contributed by atoms with Gasteiger partial charge in [-0.1, -0.05) is 34.6 Å². The molecule has 10 nitrogen and oxygen atoms in total. The van der Waals surface area contributed by atoms with Crippen molar-refractivity contribution in [2.24, 2.45) is 5.92 Å². The van der Waals surface area contributed by atoms with Gasteiger partial charge in [-0.2, -0.15) is 9.97 Å². The molecule has 13 heteroatoms. The molecule has 0 saturated heterocycles. The Hall–Kier alpha value is -4.26. The number of alkyl halides is 3. The molecular weight excluding hydrogens is 565 g/mol. The van der Waals surface area contributed by atoms with Crippen molar-refractivity contribution in [1.29, 1.82) is 0 Å². The van der Waals surface area contributed by atoms with Crippen molar-refractivity contribution in [3.8, 4) is 16.9 Å². The summed E-state index contributed by atoms with van der Waals surface area (Å²) in [5.41, 5.74) is 4.46. The molecule has 0 bridgehead atoms. The number of carbonyl (C=O) groups excluding carboxylic acids is 1. The van der Waals surface area contributed by atoms with Gasteiger partial charge in [0.1, 0.15) is 5.75 Å². The Bertz CT molecular complexity index is 1660. The number of aryl methyl sites for hydroxylation is 1. The zero-order chi connectivity index (χ0) is 29.7. The second-order valence-corrected chi connectivity index (χ2v) is 11.4. The summed E-state index contributed by atoms with van der Waals surface area (Å²) in [4.78, 5) is 24.0. The fourth-order valence-electron chi connectivity index (χ4n) is 5.79. The maximum absolute atomic E-state index is 13.0. The minimum absolute atomic E-state index is 0.0744. The smallest absolute Gasteiger partial charge is 0.406 e. The Kier molecular flexibility index (Phi) is 6.91. The summed E-state index contributed by atoms with van der Waals surface area (Å²) >= 11 is 0. The van der Waals surface area contributed by atoms with Gasteiger partial charge in [0.25, 0.3) is 0 Å². The highest BCUT2D eigenvalue weighted by atomic mass is 19.4. The van der Waals surface area contributed by atoms with E-state index in [0.717, 1.165) is 35.1 Å². The van der Waals surface area contributed by atoms with E-state index in [9.17, 15) is 18.0 Å². The summed E-state index contributed by atoms with van der Waals surface area (Å²) in [5.74, 6) is 2.06. The first-order valence-electron chi connectivity index (χ1n) is 14.3. The second-order valence-electron chi connectivity index (χ2n) is 11.4. The van der Waals surface area contributed by atoms with E-state index in [1.54, 1.807) is 19.1 Å². The Balaban J connectivity index is 1.13. The van der Waals surface area contributed by atoms with Crippen LogP contribution in [-0.4, -0.2) is 44.0 Å². The summed E-state index contributed by atoms with van der Waals surface area (Å²) in [5, 5.41) is 11.1. The van der Waals surface area contributed by atoms with Crippen LogP contribution in [0.2, 0.25) is 0 Å². The molecule has 2 atom stereocenters. The van der Waals surface area contributed by atoms with Gasteiger partial charge in [-0.25, -0.2) is 0 Å². The van der Waals surface area contributed by atoms with Crippen molar-refractivity contribution < 1.29 is 31.7 Å². The molecule has 1 aliphatic heterocycles. The zero-order valence-corrected chi connectivity index (χ0v) is 23.4. The number of hydrogen-bond donors (Lipinski definition) is 1. The van der Waals surface area contributed by atoms with Gasteiger partial charge in [0.2, 0.25) is 17.7 Å². The van der Waals surface area contributed by atoms with Gasteiger partial charge in [-0.15, -0.1) is 13.2 Å². The minimum Gasteiger partial charge on any atom is -0.406 e. The van der Waals surface area contributed by atoms with Crippen molar-refractivity contribution in [3.05, 3.63) is 76.5 Å². The molecule has 2 aromatic heterocycles. The number of rotatable bonds is 9. The lowest BCUT2D eigenvalue weighted by Crippen LogP contribution is -2.33. The average molecular weight is 595 g/mol. The summed E-state index contributed by atoms with van der Waals surface area (Å²) in [7, 11) is 0. The Labute approximate surface area is 244 Å². The van der Waals surface area contributed by atoms with Gasteiger partial charge in [0.05, 0.1) is 18.4 Å². The molecule has 0 spiro atoms. The molecule has 2 aromatic carbocycles. The van der Waals surface area contributed by atoms with Gasteiger partial charge in [0.15, 0.2) is 11.6 Å². The van der Waals surface area contributed by atoms with Crippen LogP contribution in [0, 0.1) is 12.8 Å². The SMILES string of the molecule is Cc1noc([C@H]2CC2C(=O)NCc2ccc(-c3cccc(OC(F)(F)F)c3)c3c2CN(Cc2noc(C4CC4)n2)CC3)n1. The number of fused-ring (bicyclic) bond motifs is 1. The van der Waals surface area contributed by atoms with Gasteiger partial charge in [-0.05, 0) is 72.6 Å². The van der Waals surface area contributed by atoms with Crippen LogP contribution in [0.1, 0.15) is 71.2 Å². The van der Waals surface area contributed by atoms with Crippen LogP contribution in [0.3, 0.4) is 0 Å². The zero-order valence-electron chi connectivity index (χ0n) is 23.4. The predicted octanol–water partition coefficient (Wildman–Crippen LogP) is 5.18. The normalized spacial score (nSPS) is 20.1. The van der Waals surface area contributed by atoms with Crippen LogP contribution in [0.5, 0.6) is 5.75 Å². The van der Waals surface area contributed by atoms with Gasteiger partial charge in [0, 0.05) is 25.6 Å². The fraction of sp³-hybridized carbons (Fsp3) is 0.433. The van der Waals surface area contributed by atoms with Crippen LogP contribution < -0.4 is 10.1 Å². The molecule has 1 amide bonds. The summed E-state index contributed by atoms with van der Waals surface area (Å²) in [6, 6.07) is 9.86. The molecule has 224 valence electrons. The molecule has 43 heavy (non-hydrogen) atoms. The molecule has 2 fully saturated rings. The number of aromatic nitrogens is 4. The third-order valence-corrected chi connectivity index (χ3v) is 8.18. The maximum Gasteiger partial charge on any atom is 0.573 e. The molecule has 3 heterocycles. The molecule has 0 radical (unpaired) electrons. The Morgan fingerprint density at radius 3 is 2.70 bits per heavy atom. The highest BCUT2D eigenvalue weighted by Gasteiger charge is 2.47. The first-order chi connectivity index (χ1) is 20.7. The number of halogens is 3. The molecular formula is C30H29F3N6O4. The second kappa shape index (κ2) is 10.8. The van der Waals surface area contributed by atoms with E-state index in [0.29, 0.717) is 73.9 Å². The monoisotopic (exact) mass is 594 g/mol. The van der Waals surface area contributed by atoms with Crippen molar-refractivity contribution in [2.75, 3.05) is 6.54 Å².